The zero-order valence-electron chi connectivity index (χ0n) is 11.5. The van der Waals surface area contributed by atoms with Crippen LogP contribution in [-0.2, 0) is 4.79 Å². The van der Waals surface area contributed by atoms with Gasteiger partial charge >= 0.3 is 0 Å². The van der Waals surface area contributed by atoms with Gasteiger partial charge in [-0.15, -0.1) is 0 Å². The average Bonchev–Trinajstić information content (AvgIpc) is 2.39. The maximum Gasteiger partial charge on any atom is 0.234 e. The summed E-state index contributed by atoms with van der Waals surface area (Å²) in [6.07, 6.45) is 0. The maximum absolute atomic E-state index is 12.1. The molecule has 1 fully saturated rings. The number of ketones is 1. The molecule has 0 radical (unpaired) electrons. The summed E-state index contributed by atoms with van der Waals surface area (Å²) in [6.45, 7) is 6.25. The standard InChI is InChI=1S/C15H20N2O2/c1-11(2)12-3-5-13(6-4-12)14(18)9-17-8-7-16-15(19)10-17/h3-6,11H,7-10H2,1-2H3,(H,16,19). The van der Waals surface area contributed by atoms with Crippen molar-refractivity contribution in [3.63, 3.8) is 0 Å². The van der Waals surface area contributed by atoms with Crippen molar-refractivity contribution in [2.75, 3.05) is 26.2 Å². The van der Waals surface area contributed by atoms with Crippen LogP contribution in [0.2, 0.25) is 0 Å². The molecule has 0 saturated carbocycles. The van der Waals surface area contributed by atoms with Gasteiger partial charge in [-0.3, -0.25) is 14.5 Å². The van der Waals surface area contributed by atoms with E-state index >= 15 is 0 Å². The van der Waals surface area contributed by atoms with E-state index in [0.717, 1.165) is 12.1 Å². The van der Waals surface area contributed by atoms with Crippen molar-refractivity contribution in [3.8, 4) is 0 Å². The van der Waals surface area contributed by atoms with Gasteiger partial charge in [0.05, 0.1) is 13.1 Å². The Labute approximate surface area is 113 Å². The molecule has 1 amide bonds. The number of carbonyl (C=O) groups is 2. The highest BCUT2D eigenvalue weighted by atomic mass is 16.2. The van der Waals surface area contributed by atoms with Crippen molar-refractivity contribution >= 4 is 11.7 Å². The summed E-state index contributed by atoms with van der Waals surface area (Å²) in [4.78, 5) is 25.3. The highest BCUT2D eigenvalue weighted by Crippen LogP contribution is 2.15. The fourth-order valence-electron chi connectivity index (χ4n) is 2.17. The summed E-state index contributed by atoms with van der Waals surface area (Å²) in [5.41, 5.74) is 1.95. The molecule has 4 heteroatoms. The number of benzene rings is 1. The smallest absolute Gasteiger partial charge is 0.234 e. The fraction of sp³-hybridized carbons (Fsp3) is 0.467. The molecular weight excluding hydrogens is 240 g/mol. The molecule has 1 N–H and O–H groups in total. The van der Waals surface area contributed by atoms with Crippen LogP contribution in [-0.4, -0.2) is 42.8 Å². The van der Waals surface area contributed by atoms with Crippen LogP contribution in [0.3, 0.4) is 0 Å². The number of nitrogens with zero attached hydrogens (tertiary/aromatic N) is 1. The van der Waals surface area contributed by atoms with E-state index in [0.29, 0.717) is 25.6 Å². The third-order valence-electron chi connectivity index (χ3n) is 3.38. The van der Waals surface area contributed by atoms with Crippen LogP contribution in [0.4, 0.5) is 0 Å². The van der Waals surface area contributed by atoms with Gasteiger partial charge in [0.1, 0.15) is 0 Å². The highest BCUT2D eigenvalue weighted by molar-refractivity contribution is 5.98. The monoisotopic (exact) mass is 260 g/mol. The molecule has 1 aliphatic heterocycles. The Morgan fingerprint density at radius 2 is 2.00 bits per heavy atom. The highest BCUT2D eigenvalue weighted by Gasteiger charge is 2.19. The number of amides is 1. The molecule has 0 aliphatic carbocycles. The van der Waals surface area contributed by atoms with Gasteiger partial charge in [0.15, 0.2) is 5.78 Å². The third kappa shape index (κ3) is 3.64. The number of Topliss-reactive ketones (excluding diaryl/α,β-unsaturated/α-hetero) is 1. The topological polar surface area (TPSA) is 49.4 Å². The largest absolute Gasteiger partial charge is 0.354 e. The molecule has 1 saturated heterocycles. The van der Waals surface area contributed by atoms with Gasteiger partial charge < -0.3 is 5.32 Å². The molecule has 1 heterocycles. The van der Waals surface area contributed by atoms with Gasteiger partial charge in [0.2, 0.25) is 5.91 Å². The van der Waals surface area contributed by atoms with Gasteiger partial charge in [0, 0.05) is 18.7 Å². The van der Waals surface area contributed by atoms with Crippen LogP contribution < -0.4 is 5.32 Å². The molecular formula is C15H20N2O2. The quantitative estimate of drug-likeness (QED) is 0.833. The molecule has 0 atom stereocenters. The zero-order valence-corrected chi connectivity index (χ0v) is 11.5. The first kappa shape index (κ1) is 13.7. The third-order valence-corrected chi connectivity index (χ3v) is 3.38. The summed E-state index contributed by atoms with van der Waals surface area (Å²) < 4.78 is 0. The Balaban J connectivity index is 1.97. The van der Waals surface area contributed by atoms with Crippen LogP contribution >= 0.6 is 0 Å². The van der Waals surface area contributed by atoms with E-state index in [1.54, 1.807) is 0 Å². The second-order valence-electron chi connectivity index (χ2n) is 5.26. The predicted octanol–water partition coefficient (Wildman–Crippen LogP) is 1.42. The molecule has 102 valence electrons. The average molecular weight is 260 g/mol. The Morgan fingerprint density at radius 1 is 1.32 bits per heavy atom. The van der Waals surface area contributed by atoms with E-state index in [1.807, 2.05) is 29.2 Å². The van der Waals surface area contributed by atoms with E-state index < -0.39 is 0 Å². The lowest BCUT2D eigenvalue weighted by molar-refractivity contribution is -0.123. The molecule has 0 aromatic heterocycles. The van der Waals surface area contributed by atoms with Crippen molar-refractivity contribution in [1.29, 1.82) is 0 Å². The molecule has 19 heavy (non-hydrogen) atoms. The maximum atomic E-state index is 12.1. The molecule has 1 aliphatic rings. The second kappa shape index (κ2) is 5.97. The first-order valence-electron chi connectivity index (χ1n) is 6.68. The summed E-state index contributed by atoms with van der Waals surface area (Å²) in [6, 6.07) is 7.75. The van der Waals surface area contributed by atoms with Crippen LogP contribution in [0, 0.1) is 0 Å². The number of piperazine rings is 1. The van der Waals surface area contributed by atoms with E-state index in [9.17, 15) is 9.59 Å². The minimum atomic E-state index is -0.00537. The molecule has 0 spiro atoms. The lowest BCUT2D eigenvalue weighted by Crippen LogP contribution is -2.49. The molecule has 1 aromatic carbocycles. The first-order chi connectivity index (χ1) is 9.06. The Hall–Kier alpha value is -1.68. The van der Waals surface area contributed by atoms with Gasteiger partial charge in [-0.2, -0.15) is 0 Å². The molecule has 0 unspecified atom stereocenters. The molecule has 4 nitrogen and oxygen atoms in total. The molecule has 1 aromatic rings. The summed E-state index contributed by atoms with van der Waals surface area (Å²) in [7, 11) is 0. The van der Waals surface area contributed by atoms with Crippen LogP contribution in [0.15, 0.2) is 24.3 Å². The normalized spacial score (nSPS) is 16.5. The van der Waals surface area contributed by atoms with E-state index in [2.05, 4.69) is 19.2 Å². The van der Waals surface area contributed by atoms with Crippen molar-refractivity contribution in [1.82, 2.24) is 10.2 Å². The van der Waals surface area contributed by atoms with Crippen LogP contribution in [0.1, 0.15) is 35.7 Å². The molecule has 2 rings (SSSR count). The Bertz CT molecular complexity index is 466. The van der Waals surface area contributed by atoms with Crippen molar-refractivity contribution in [2.24, 2.45) is 0 Å². The second-order valence-corrected chi connectivity index (χ2v) is 5.26. The molecule has 0 bridgehead atoms. The van der Waals surface area contributed by atoms with Crippen molar-refractivity contribution in [2.45, 2.75) is 19.8 Å². The minimum Gasteiger partial charge on any atom is -0.354 e. The lowest BCUT2D eigenvalue weighted by atomic mass is 10.0. The Kier molecular flexibility index (Phi) is 4.32. The van der Waals surface area contributed by atoms with E-state index in [4.69, 9.17) is 0 Å². The van der Waals surface area contributed by atoms with Crippen LogP contribution in [0.5, 0.6) is 0 Å². The van der Waals surface area contributed by atoms with E-state index in [-0.39, 0.29) is 11.7 Å². The van der Waals surface area contributed by atoms with Gasteiger partial charge in [-0.05, 0) is 11.5 Å². The van der Waals surface area contributed by atoms with Gasteiger partial charge in [-0.1, -0.05) is 38.1 Å². The number of nitrogens with one attached hydrogen (secondary N) is 1. The van der Waals surface area contributed by atoms with E-state index in [1.165, 1.54) is 5.56 Å². The van der Waals surface area contributed by atoms with Crippen molar-refractivity contribution in [3.05, 3.63) is 35.4 Å². The van der Waals surface area contributed by atoms with Gasteiger partial charge in [-0.25, -0.2) is 0 Å². The fourth-order valence-corrected chi connectivity index (χ4v) is 2.17. The number of hydrogen-bond acceptors (Lipinski definition) is 3. The minimum absolute atomic E-state index is 0.00537. The SMILES string of the molecule is CC(C)c1ccc(C(=O)CN2CCNC(=O)C2)cc1. The van der Waals surface area contributed by atoms with Gasteiger partial charge in [0.25, 0.3) is 0 Å². The zero-order chi connectivity index (χ0) is 13.8. The Morgan fingerprint density at radius 3 is 2.58 bits per heavy atom. The number of hydrogen-bond donors (Lipinski definition) is 1. The summed E-state index contributed by atoms with van der Waals surface area (Å²) >= 11 is 0. The lowest BCUT2D eigenvalue weighted by Gasteiger charge is -2.25. The van der Waals surface area contributed by atoms with Crippen molar-refractivity contribution < 1.29 is 9.59 Å². The number of rotatable bonds is 4. The first-order valence-corrected chi connectivity index (χ1v) is 6.68. The van der Waals surface area contributed by atoms with Crippen LogP contribution in [0.25, 0.3) is 0 Å². The summed E-state index contributed by atoms with van der Waals surface area (Å²) in [5.74, 6) is 0.536. The predicted molar refractivity (Wildman–Crippen MR) is 74.3 cm³/mol. The number of carbonyl (C=O) groups excluding carboxylic acids is 2. The summed E-state index contributed by atoms with van der Waals surface area (Å²) in [5, 5.41) is 2.75.